The summed E-state index contributed by atoms with van der Waals surface area (Å²) in [4.78, 5) is 28.8. The maximum absolute atomic E-state index is 12.5. The lowest BCUT2D eigenvalue weighted by Crippen LogP contribution is -2.48. The first-order valence-corrected chi connectivity index (χ1v) is 8.34. The van der Waals surface area contributed by atoms with Crippen LogP contribution >= 0.6 is 0 Å². The number of hydrogen-bond donors (Lipinski definition) is 0. The number of ketones is 1. The lowest BCUT2D eigenvalue weighted by Gasteiger charge is -2.34. The van der Waals surface area contributed by atoms with Crippen LogP contribution < -0.4 is 0 Å². The van der Waals surface area contributed by atoms with Crippen LogP contribution in [0, 0.1) is 5.92 Å². The Morgan fingerprint density at radius 2 is 1.64 bits per heavy atom. The van der Waals surface area contributed by atoms with Gasteiger partial charge in [-0.15, -0.1) is 0 Å². The Kier molecular flexibility index (Phi) is 4.76. The summed E-state index contributed by atoms with van der Waals surface area (Å²) >= 11 is 0. The van der Waals surface area contributed by atoms with Crippen molar-refractivity contribution in [1.29, 1.82) is 0 Å². The van der Waals surface area contributed by atoms with Gasteiger partial charge in [0, 0.05) is 38.5 Å². The van der Waals surface area contributed by atoms with E-state index in [2.05, 4.69) is 0 Å². The molecule has 1 atom stereocenters. The summed E-state index contributed by atoms with van der Waals surface area (Å²) in [5.74, 6) is 0.269. The van der Waals surface area contributed by atoms with Crippen molar-refractivity contribution >= 4 is 11.8 Å². The number of nitrogens with zero attached hydrogens (tertiary/aromatic N) is 2. The van der Waals surface area contributed by atoms with E-state index in [0.29, 0.717) is 13.0 Å². The fourth-order valence-corrected chi connectivity index (χ4v) is 3.46. The fourth-order valence-electron chi connectivity index (χ4n) is 3.46. The van der Waals surface area contributed by atoms with E-state index in [-0.39, 0.29) is 17.7 Å². The summed E-state index contributed by atoms with van der Waals surface area (Å²) in [5, 5.41) is 0. The van der Waals surface area contributed by atoms with Crippen LogP contribution in [0.1, 0.15) is 31.2 Å². The molecule has 0 radical (unpaired) electrons. The molecule has 0 N–H and O–H groups in total. The van der Waals surface area contributed by atoms with Crippen LogP contribution in [-0.2, 0) is 11.2 Å². The van der Waals surface area contributed by atoms with Gasteiger partial charge in [-0.05, 0) is 31.2 Å². The largest absolute Gasteiger partial charge is 0.325 e. The molecular weight excluding hydrogens is 276 g/mol. The third-order valence-corrected chi connectivity index (χ3v) is 4.75. The van der Waals surface area contributed by atoms with Gasteiger partial charge >= 0.3 is 6.03 Å². The molecule has 118 valence electrons. The summed E-state index contributed by atoms with van der Waals surface area (Å²) in [7, 11) is 0. The number of amides is 2. The monoisotopic (exact) mass is 300 g/mol. The Labute approximate surface area is 132 Å². The smallest absolute Gasteiger partial charge is 0.320 e. The number of rotatable bonds is 3. The molecule has 2 heterocycles. The third kappa shape index (κ3) is 3.49. The van der Waals surface area contributed by atoms with E-state index < -0.39 is 0 Å². The van der Waals surface area contributed by atoms with E-state index >= 15 is 0 Å². The van der Waals surface area contributed by atoms with Crippen molar-refractivity contribution in [3.05, 3.63) is 35.9 Å². The van der Waals surface area contributed by atoms with Gasteiger partial charge in [0.05, 0.1) is 0 Å². The topological polar surface area (TPSA) is 40.6 Å². The Morgan fingerprint density at radius 1 is 0.955 bits per heavy atom. The average molecular weight is 300 g/mol. The van der Waals surface area contributed by atoms with Crippen LogP contribution in [0.15, 0.2) is 30.3 Å². The third-order valence-electron chi connectivity index (χ3n) is 4.75. The van der Waals surface area contributed by atoms with Crippen molar-refractivity contribution in [1.82, 2.24) is 9.80 Å². The molecule has 2 fully saturated rings. The molecule has 4 heteroatoms. The van der Waals surface area contributed by atoms with Gasteiger partial charge in [-0.1, -0.05) is 30.3 Å². The van der Waals surface area contributed by atoms with Crippen LogP contribution in [-0.4, -0.2) is 47.8 Å². The van der Waals surface area contributed by atoms with Gasteiger partial charge in [0.2, 0.25) is 0 Å². The number of urea groups is 1. The quantitative estimate of drug-likeness (QED) is 0.861. The predicted octanol–water partition coefficient (Wildman–Crippen LogP) is 2.73. The minimum atomic E-state index is 0.000471. The van der Waals surface area contributed by atoms with Crippen LogP contribution in [0.4, 0.5) is 4.79 Å². The molecule has 0 unspecified atom stereocenters. The van der Waals surface area contributed by atoms with Crippen molar-refractivity contribution in [2.24, 2.45) is 5.92 Å². The Morgan fingerprint density at radius 3 is 2.36 bits per heavy atom. The normalized spacial score (nSPS) is 21.9. The van der Waals surface area contributed by atoms with E-state index in [4.69, 9.17) is 0 Å². The van der Waals surface area contributed by atoms with Gasteiger partial charge in [-0.3, -0.25) is 4.79 Å². The second-order valence-corrected chi connectivity index (χ2v) is 6.39. The van der Waals surface area contributed by atoms with Crippen molar-refractivity contribution in [3.63, 3.8) is 0 Å². The highest BCUT2D eigenvalue weighted by atomic mass is 16.2. The molecule has 0 spiro atoms. The van der Waals surface area contributed by atoms with Gasteiger partial charge < -0.3 is 9.80 Å². The van der Waals surface area contributed by atoms with E-state index in [1.54, 1.807) is 0 Å². The maximum Gasteiger partial charge on any atom is 0.320 e. The van der Waals surface area contributed by atoms with E-state index in [0.717, 1.165) is 50.9 Å². The highest BCUT2D eigenvalue weighted by Crippen LogP contribution is 2.21. The molecule has 0 aliphatic carbocycles. The number of carbonyl (C=O) groups is 2. The summed E-state index contributed by atoms with van der Waals surface area (Å²) in [6.07, 6.45) is 4.55. The molecule has 0 bridgehead atoms. The van der Waals surface area contributed by atoms with Gasteiger partial charge in [0.1, 0.15) is 5.78 Å². The number of likely N-dealkylation sites (tertiary alicyclic amines) is 2. The van der Waals surface area contributed by atoms with Crippen LogP contribution in [0.3, 0.4) is 0 Å². The maximum atomic E-state index is 12.5. The molecule has 2 aliphatic rings. The fraction of sp³-hybridized carbons (Fsp3) is 0.556. The molecule has 0 aromatic heterocycles. The molecule has 1 aromatic carbocycles. The Hall–Kier alpha value is -1.84. The van der Waals surface area contributed by atoms with Gasteiger partial charge in [0.25, 0.3) is 0 Å². The van der Waals surface area contributed by atoms with Crippen molar-refractivity contribution < 1.29 is 9.59 Å². The average Bonchev–Trinajstić information content (AvgIpc) is 3.09. The van der Waals surface area contributed by atoms with Crippen molar-refractivity contribution in [3.8, 4) is 0 Å². The highest BCUT2D eigenvalue weighted by molar-refractivity contribution is 5.84. The summed E-state index contributed by atoms with van der Waals surface area (Å²) in [5.41, 5.74) is 1.07. The zero-order valence-corrected chi connectivity index (χ0v) is 13.0. The zero-order chi connectivity index (χ0) is 15.4. The number of Topliss-reactive ketones (excluding diaryl/α,β-unsaturated/α-hetero) is 1. The number of carbonyl (C=O) groups excluding carboxylic acids is 2. The second-order valence-electron chi connectivity index (χ2n) is 6.39. The molecule has 1 aromatic rings. The molecule has 2 aliphatic heterocycles. The number of benzene rings is 1. The first-order chi connectivity index (χ1) is 10.7. The molecule has 3 rings (SSSR count). The van der Waals surface area contributed by atoms with Crippen LogP contribution in [0.5, 0.6) is 0 Å². The number of hydrogen-bond acceptors (Lipinski definition) is 2. The molecule has 2 amide bonds. The molecule has 4 nitrogen and oxygen atoms in total. The Balaban J connectivity index is 1.57. The SMILES string of the molecule is O=C(Cc1ccccc1)[C@@H]1CCCN(C(=O)N2CCCC2)C1. The van der Waals surface area contributed by atoms with Crippen LogP contribution in [0.25, 0.3) is 0 Å². The minimum Gasteiger partial charge on any atom is -0.325 e. The lowest BCUT2D eigenvalue weighted by atomic mass is 9.90. The molecular formula is C18H24N2O2. The zero-order valence-electron chi connectivity index (χ0n) is 13.0. The summed E-state index contributed by atoms with van der Waals surface area (Å²) < 4.78 is 0. The van der Waals surface area contributed by atoms with Gasteiger partial charge in [-0.25, -0.2) is 4.79 Å². The minimum absolute atomic E-state index is 0.000471. The highest BCUT2D eigenvalue weighted by Gasteiger charge is 2.31. The first kappa shape index (κ1) is 15.1. The molecule has 22 heavy (non-hydrogen) atoms. The first-order valence-electron chi connectivity index (χ1n) is 8.34. The summed E-state index contributed by atoms with van der Waals surface area (Å²) in [6, 6.07) is 10.0. The van der Waals surface area contributed by atoms with Gasteiger partial charge in [-0.2, -0.15) is 0 Å². The standard InChI is InChI=1S/C18H24N2O2/c21-17(13-15-7-2-1-3-8-15)16-9-6-12-20(14-16)18(22)19-10-4-5-11-19/h1-3,7-8,16H,4-6,9-14H2/t16-/m1/s1. The van der Waals surface area contributed by atoms with Crippen LogP contribution in [0.2, 0.25) is 0 Å². The van der Waals surface area contributed by atoms with E-state index in [9.17, 15) is 9.59 Å². The van der Waals surface area contributed by atoms with E-state index in [1.165, 1.54) is 0 Å². The molecule has 0 saturated carbocycles. The summed E-state index contributed by atoms with van der Waals surface area (Å²) in [6.45, 7) is 3.14. The van der Waals surface area contributed by atoms with Crippen molar-refractivity contribution in [2.45, 2.75) is 32.1 Å². The number of piperidine rings is 1. The van der Waals surface area contributed by atoms with E-state index in [1.807, 2.05) is 40.1 Å². The second kappa shape index (κ2) is 6.95. The van der Waals surface area contributed by atoms with Crippen molar-refractivity contribution in [2.75, 3.05) is 26.2 Å². The van der Waals surface area contributed by atoms with Gasteiger partial charge in [0.15, 0.2) is 0 Å². The lowest BCUT2D eigenvalue weighted by molar-refractivity contribution is -0.123. The predicted molar refractivity (Wildman–Crippen MR) is 85.7 cm³/mol. The molecule has 2 saturated heterocycles. The Bertz CT molecular complexity index is 523.